The van der Waals surface area contributed by atoms with Crippen LogP contribution in [0.2, 0.25) is 0 Å². The van der Waals surface area contributed by atoms with Crippen LogP contribution in [-0.2, 0) is 0 Å². The molecule has 2 aromatic carbocycles. The van der Waals surface area contributed by atoms with E-state index in [4.69, 9.17) is 23.5 Å². The van der Waals surface area contributed by atoms with Crippen molar-refractivity contribution in [1.82, 2.24) is 5.16 Å². The van der Waals surface area contributed by atoms with Crippen molar-refractivity contribution >= 4 is 0 Å². The van der Waals surface area contributed by atoms with E-state index >= 15 is 0 Å². The third-order valence-corrected chi connectivity index (χ3v) is 4.17. The molecule has 26 heavy (non-hydrogen) atoms. The molecule has 0 aliphatic rings. The highest BCUT2D eigenvalue weighted by Gasteiger charge is 2.25. The van der Waals surface area contributed by atoms with E-state index < -0.39 is 0 Å². The maximum Gasteiger partial charge on any atom is 0.207 e. The molecular weight excluding hydrogens is 334 g/mol. The fourth-order valence-electron chi connectivity index (χ4n) is 2.88. The molecule has 1 aromatic heterocycles. The summed E-state index contributed by atoms with van der Waals surface area (Å²) >= 11 is 0. The van der Waals surface area contributed by atoms with Gasteiger partial charge in [-0.15, -0.1) is 0 Å². The third kappa shape index (κ3) is 2.94. The van der Waals surface area contributed by atoms with Crippen molar-refractivity contribution in [1.29, 1.82) is 0 Å². The Morgan fingerprint density at radius 2 is 1.42 bits per heavy atom. The number of rotatable bonds is 6. The average molecular weight is 355 g/mol. The van der Waals surface area contributed by atoms with Crippen LogP contribution in [-0.4, -0.2) is 33.6 Å². The van der Waals surface area contributed by atoms with Gasteiger partial charge in [0, 0.05) is 11.1 Å². The molecule has 0 saturated heterocycles. The van der Waals surface area contributed by atoms with E-state index in [1.54, 1.807) is 34.7 Å². The Morgan fingerprint density at radius 1 is 0.769 bits per heavy atom. The number of hydrogen-bond donors (Lipinski definition) is 0. The van der Waals surface area contributed by atoms with E-state index in [0.717, 1.165) is 16.7 Å². The number of aromatic nitrogens is 1. The van der Waals surface area contributed by atoms with Gasteiger partial charge in [0.05, 0.1) is 34.0 Å². The first-order valence-electron chi connectivity index (χ1n) is 8.03. The lowest BCUT2D eigenvalue weighted by molar-refractivity contribution is 0.306. The SMILES string of the molecule is COc1cc(-c2conc2-c2ccc(C)cc2)c(OC)c(OC)c1OC. The van der Waals surface area contributed by atoms with Gasteiger partial charge in [0.25, 0.3) is 0 Å². The number of methoxy groups -OCH3 is 4. The highest BCUT2D eigenvalue weighted by molar-refractivity contribution is 5.87. The predicted octanol–water partition coefficient (Wildman–Crippen LogP) is 4.35. The number of nitrogens with zero attached hydrogens (tertiary/aromatic N) is 1. The monoisotopic (exact) mass is 355 g/mol. The zero-order valence-electron chi connectivity index (χ0n) is 15.5. The van der Waals surface area contributed by atoms with E-state index in [1.807, 2.05) is 37.3 Å². The Kier molecular flexibility index (Phi) is 5.02. The first kappa shape index (κ1) is 17.7. The van der Waals surface area contributed by atoms with Gasteiger partial charge in [-0.3, -0.25) is 0 Å². The van der Waals surface area contributed by atoms with Crippen LogP contribution in [0.3, 0.4) is 0 Å². The van der Waals surface area contributed by atoms with Crippen molar-refractivity contribution in [3.05, 3.63) is 42.2 Å². The predicted molar refractivity (Wildman–Crippen MR) is 98.3 cm³/mol. The molecule has 0 N–H and O–H groups in total. The van der Waals surface area contributed by atoms with Crippen molar-refractivity contribution in [3.63, 3.8) is 0 Å². The molecule has 136 valence electrons. The van der Waals surface area contributed by atoms with Crippen LogP contribution in [0.25, 0.3) is 22.4 Å². The summed E-state index contributed by atoms with van der Waals surface area (Å²) < 4.78 is 27.3. The van der Waals surface area contributed by atoms with E-state index in [-0.39, 0.29) is 0 Å². The number of benzene rings is 2. The summed E-state index contributed by atoms with van der Waals surface area (Å²) in [5.74, 6) is 1.95. The van der Waals surface area contributed by atoms with Gasteiger partial charge >= 0.3 is 0 Å². The Hall–Kier alpha value is -3.15. The van der Waals surface area contributed by atoms with Gasteiger partial charge in [-0.25, -0.2) is 0 Å². The fraction of sp³-hybridized carbons (Fsp3) is 0.250. The highest BCUT2D eigenvalue weighted by Crippen LogP contribution is 2.51. The van der Waals surface area contributed by atoms with E-state index in [2.05, 4.69) is 5.16 Å². The molecule has 0 amide bonds. The van der Waals surface area contributed by atoms with Gasteiger partial charge in [-0.1, -0.05) is 35.0 Å². The molecule has 0 fully saturated rings. The molecule has 0 bridgehead atoms. The summed E-state index contributed by atoms with van der Waals surface area (Å²) in [5.41, 5.74) is 4.32. The summed E-state index contributed by atoms with van der Waals surface area (Å²) in [6.07, 6.45) is 1.58. The van der Waals surface area contributed by atoms with Gasteiger partial charge in [0.15, 0.2) is 11.5 Å². The molecule has 3 rings (SSSR count). The normalized spacial score (nSPS) is 10.5. The smallest absolute Gasteiger partial charge is 0.207 e. The van der Waals surface area contributed by atoms with Crippen LogP contribution in [0.4, 0.5) is 0 Å². The second-order valence-corrected chi connectivity index (χ2v) is 5.67. The average Bonchev–Trinajstić information content (AvgIpc) is 3.16. The third-order valence-electron chi connectivity index (χ3n) is 4.17. The Balaban J connectivity index is 2.25. The Labute approximate surface area is 152 Å². The highest BCUT2D eigenvalue weighted by atomic mass is 16.5. The molecule has 0 aliphatic heterocycles. The van der Waals surface area contributed by atoms with Crippen LogP contribution in [0, 0.1) is 6.92 Å². The zero-order valence-corrected chi connectivity index (χ0v) is 15.5. The van der Waals surface area contributed by atoms with E-state index in [0.29, 0.717) is 28.7 Å². The standard InChI is InChI=1S/C20H21NO5/c1-12-6-8-13(9-7-12)17-15(11-26-21-17)14-10-16(22-2)19(24-4)20(25-5)18(14)23-3/h6-11H,1-5H3. The molecule has 0 radical (unpaired) electrons. The topological polar surface area (TPSA) is 63.0 Å². The minimum Gasteiger partial charge on any atom is -0.493 e. The second-order valence-electron chi connectivity index (χ2n) is 5.67. The Morgan fingerprint density at radius 3 is 2.00 bits per heavy atom. The number of hydrogen-bond acceptors (Lipinski definition) is 6. The summed E-state index contributed by atoms with van der Waals surface area (Å²) in [6, 6.07) is 9.88. The fourth-order valence-corrected chi connectivity index (χ4v) is 2.88. The van der Waals surface area contributed by atoms with Gasteiger partial charge in [0.1, 0.15) is 12.0 Å². The van der Waals surface area contributed by atoms with E-state index in [9.17, 15) is 0 Å². The maximum atomic E-state index is 5.61. The van der Waals surface area contributed by atoms with Crippen LogP contribution in [0.15, 0.2) is 41.1 Å². The van der Waals surface area contributed by atoms with Gasteiger partial charge in [-0.05, 0) is 13.0 Å². The van der Waals surface area contributed by atoms with Crippen molar-refractivity contribution in [2.24, 2.45) is 0 Å². The minimum atomic E-state index is 0.445. The van der Waals surface area contributed by atoms with Crippen molar-refractivity contribution in [2.45, 2.75) is 6.92 Å². The molecular formula is C20H21NO5. The molecule has 0 aliphatic carbocycles. The van der Waals surface area contributed by atoms with Gasteiger partial charge in [0.2, 0.25) is 11.5 Å². The molecule has 0 unspecified atom stereocenters. The summed E-state index contributed by atoms with van der Waals surface area (Å²) in [6.45, 7) is 2.04. The second kappa shape index (κ2) is 7.39. The van der Waals surface area contributed by atoms with Crippen LogP contribution < -0.4 is 18.9 Å². The summed E-state index contributed by atoms with van der Waals surface area (Å²) in [4.78, 5) is 0. The zero-order chi connectivity index (χ0) is 18.7. The lowest BCUT2D eigenvalue weighted by Crippen LogP contribution is -2.00. The van der Waals surface area contributed by atoms with Gasteiger partial charge < -0.3 is 23.5 Å². The first-order chi connectivity index (χ1) is 12.6. The quantitative estimate of drug-likeness (QED) is 0.655. The first-order valence-corrected chi connectivity index (χ1v) is 8.03. The lowest BCUT2D eigenvalue weighted by Gasteiger charge is -2.18. The Bertz CT molecular complexity index is 899. The molecule has 1 heterocycles. The number of aryl methyl sites for hydroxylation is 1. The van der Waals surface area contributed by atoms with Crippen LogP contribution in [0.5, 0.6) is 23.0 Å². The lowest BCUT2D eigenvalue weighted by atomic mass is 9.99. The molecule has 0 atom stereocenters. The molecule has 3 aromatic rings. The number of ether oxygens (including phenoxy) is 4. The van der Waals surface area contributed by atoms with Crippen LogP contribution >= 0.6 is 0 Å². The minimum absolute atomic E-state index is 0.445. The van der Waals surface area contributed by atoms with Gasteiger partial charge in [-0.2, -0.15) is 0 Å². The van der Waals surface area contributed by atoms with Crippen LogP contribution in [0.1, 0.15) is 5.56 Å². The van der Waals surface area contributed by atoms with Crippen molar-refractivity contribution in [3.8, 4) is 45.4 Å². The molecule has 0 saturated carbocycles. The largest absolute Gasteiger partial charge is 0.493 e. The maximum absolute atomic E-state index is 5.61. The van der Waals surface area contributed by atoms with Crippen molar-refractivity contribution < 1.29 is 23.5 Å². The summed E-state index contributed by atoms with van der Waals surface area (Å²) in [7, 11) is 6.25. The molecule has 0 spiro atoms. The summed E-state index contributed by atoms with van der Waals surface area (Å²) in [5, 5.41) is 4.18. The molecule has 6 heteroatoms. The molecule has 6 nitrogen and oxygen atoms in total. The van der Waals surface area contributed by atoms with E-state index in [1.165, 1.54) is 5.56 Å². The van der Waals surface area contributed by atoms with Crippen molar-refractivity contribution in [2.75, 3.05) is 28.4 Å².